The minimum atomic E-state index is -5.02. The normalized spacial score (nSPS) is 19.1. The van der Waals surface area contributed by atoms with Crippen molar-refractivity contribution >= 4 is 46.0 Å². The highest BCUT2D eigenvalue weighted by atomic mass is 32.2. The summed E-state index contributed by atoms with van der Waals surface area (Å²) >= 11 is 0.719. The second-order valence-electron chi connectivity index (χ2n) is 11.7. The highest BCUT2D eigenvalue weighted by Crippen LogP contribution is 2.38. The number of ether oxygens (including phenoxy) is 2. The first-order valence-corrected chi connectivity index (χ1v) is 14.8. The predicted molar refractivity (Wildman–Crippen MR) is 156 cm³/mol. The number of fused-ring (bicyclic) bond motifs is 1. The van der Waals surface area contributed by atoms with Gasteiger partial charge in [-0.3, -0.25) is 24.1 Å². The van der Waals surface area contributed by atoms with Gasteiger partial charge in [-0.1, -0.05) is 12.1 Å². The van der Waals surface area contributed by atoms with Crippen molar-refractivity contribution in [2.24, 2.45) is 0 Å². The highest BCUT2D eigenvalue weighted by molar-refractivity contribution is 8.18. The molecule has 2 aromatic carbocycles. The number of morpholine rings is 1. The number of carbonyl (C=O) groups excluding carboxylic acids is 3. The molecule has 3 amide bonds. The maximum absolute atomic E-state index is 13.6. The number of carbonyl (C=O) groups is 3. The molecule has 2 aliphatic rings. The van der Waals surface area contributed by atoms with Gasteiger partial charge < -0.3 is 9.47 Å². The summed E-state index contributed by atoms with van der Waals surface area (Å²) in [5.41, 5.74) is -3.05. The van der Waals surface area contributed by atoms with E-state index in [-0.39, 0.29) is 37.3 Å². The molecule has 5 rings (SSSR count). The Morgan fingerprint density at radius 1 is 1.07 bits per heavy atom. The molecule has 2 saturated heterocycles. The molecule has 0 radical (unpaired) electrons. The molecule has 0 aliphatic carbocycles. The maximum atomic E-state index is 13.6. The van der Waals surface area contributed by atoms with E-state index in [1.165, 1.54) is 21.9 Å². The van der Waals surface area contributed by atoms with E-state index in [2.05, 4.69) is 5.10 Å². The zero-order valence-electron chi connectivity index (χ0n) is 24.7. The second kappa shape index (κ2) is 12.3. The lowest BCUT2D eigenvalue weighted by molar-refractivity contribution is -0.143. The van der Waals surface area contributed by atoms with Crippen LogP contribution >= 0.6 is 11.8 Å². The SMILES string of the molecule is CC(C)(C)OC(=O)N1CCOC[C@H]1CN1C(=O)S/C(=C\c2ccc3c(cnn3Cc3ccc(C(F)(F)F)cc3C(F)(F)F)c2)C1=O. The predicted octanol–water partition coefficient (Wildman–Crippen LogP) is 6.79. The van der Waals surface area contributed by atoms with Crippen LogP contribution in [0.1, 0.15) is 43.0 Å². The quantitative estimate of drug-likeness (QED) is 0.218. The van der Waals surface area contributed by atoms with Gasteiger partial charge in [0.05, 0.1) is 60.1 Å². The summed E-state index contributed by atoms with van der Waals surface area (Å²) in [6.45, 7) is 5.27. The second-order valence-corrected chi connectivity index (χ2v) is 12.7. The van der Waals surface area contributed by atoms with Crippen LogP contribution in [0.5, 0.6) is 0 Å². The molecule has 0 unspecified atom stereocenters. The average molecular weight is 671 g/mol. The third kappa shape index (κ3) is 7.33. The smallest absolute Gasteiger partial charge is 0.416 e. The van der Waals surface area contributed by atoms with Gasteiger partial charge in [-0.15, -0.1) is 0 Å². The molecular weight excluding hydrogens is 642 g/mol. The number of hydrogen-bond donors (Lipinski definition) is 0. The number of amides is 3. The van der Waals surface area contributed by atoms with Crippen molar-refractivity contribution in [2.45, 2.75) is 51.3 Å². The van der Waals surface area contributed by atoms with Crippen molar-refractivity contribution in [3.05, 3.63) is 69.8 Å². The van der Waals surface area contributed by atoms with E-state index < -0.39 is 64.5 Å². The van der Waals surface area contributed by atoms with Crippen LogP contribution in [0.15, 0.2) is 47.5 Å². The lowest BCUT2D eigenvalue weighted by Crippen LogP contribution is -2.55. The number of rotatable bonds is 5. The maximum Gasteiger partial charge on any atom is 0.416 e. The molecule has 16 heteroatoms. The fourth-order valence-electron chi connectivity index (χ4n) is 5.02. The van der Waals surface area contributed by atoms with Crippen molar-refractivity contribution in [1.29, 1.82) is 0 Å². The van der Waals surface area contributed by atoms with E-state index in [1.54, 1.807) is 39.0 Å². The van der Waals surface area contributed by atoms with Gasteiger partial charge in [-0.05, 0) is 74.0 Å². The van der Waals surface area contributed by atoms with E-state index in [0.717, 1.165) is 22.7 Å². The monoisotopic (exact) mass is 670 g/mol. The first kappa shape index (κ1) is 33.3. The number of nitrogens with zero attached hydrogens (tertiary/aromatic N) is 4. The summed E-state index contributed by atoms with van der Waals surface area (Å²) in [4.78, 5) is 41.4. The van der Waals surface area contributed by atoms with E-state index >= 15 is 0 Å². The van der Waals surface area contributed by atoms with Crippen LogP contribution in [-0.4, -0.2) is 74.8 Å². The molecule has 2 aliphatic heterocycles. The number of aromatic nitrogens is 2. The van der Waals surface area contributed by atoms with E-state index in [9.17, 15) is 40.7 Å². The Morgan fingerprint density at radius 3 is 2.48 bits per heavy atom. The van der Waals surface area contributed by atoms with Gasteiger partial charge in [0.2, 0.25) is 0 Å². The number of benzene rings is 2. The zero-order chi connectivity index (χ0) is 33.6. The van der Waals surface area contributed by atoms with Crippen LogP contribution in [-0.2, 0) is 33.2 Å². The fraction of sp³-hybridized carbons (Fsp3) is 0.400. The van der Waals surface area contributed by atoms with Crippen molar-refractivity contribution in [2.75, 3.05) is 26.3 Å². The molecular formula is C30H28F6N4O5S. The Labute approximate surface area is 263 Å². The topological polar surface area (TPSA) is 94.0 Å². The van der Waals surface area contributed by atoms with Gasteiger partial charge in [-0.2, -0.15) is 31.4 Å². The first-order chi connectivity index (χ1) is 21.4. The summed E-state index contributed by atoms with van der Waals surface area (Å²) in [6, 6.07) is 5.60. The third-order valence-corrected chi connectivity index (χ3v) is 8.06. The van der Waals surface area contributed by atoms with E-state index in [0.29, 0.717) is 22.5 Å². The number of halogens is 6. The lowest BCUT2D eigenvalue weighted by Gasteiger charge is -2.37. The van der Waals surface area contributed by atoms with Gasteiger partial charge in [0.1, 0.15) is 5.60 Å². The van der Waals surface area contributed by atoms with Crippen molar-refractivity contribution in [3.63, 3.8) is 0 Å². The van der Waals surface area contributed by atoms with Gasteiger partial charge in [0.15, 0.2) is 0 Å². The van der Waals surface area contributed by atoms with Gasteiger partial charge in [0, 0.05) is 11.9 Å². The number of imide groups is 1. The summed E-state index contributed by atoms with van der Waals surface area (Å²) < 4.78 is 92.3. The van der Waals surface area contributed by atoms with Crippen LogP contribution in [0.3, 0.4) is 0 Å². The zero-order valence-corrected chi connectivity index (χ0v) is 25.6. The van der Waals surface area contributed by atoms with Crippen LogP contribution in [0.25, 0.3) is 17.0 Å². The molecule has 1 atom stereocenters. The minimum Gasteiger partial charge on any atom is -0.444 e. The lowest BCUT2D eigenvalue weighted by atomic mass is 10.0. The highest BCUT2D eigenvalue weighted by Gasteiger charge is 2.41. The molecule has 1 aromatic heterocycles. The van der Waals surface area contributed by atoms with Crippen molar-refractivity contribution < 1.29 is 50.2 Å². The van der Waals surface area contributed by atoms with Gasteiger partial charge in [0.25, 0.3) is 11.1 Å². The average Bonchev–Trinajstić information content (AvgIpc) is 3.46. The molecule has 3 aromatic rings. The Kier molecular flexibility index (Phi) is 8.90. The minimum absolute atomic E-state index is 0.0858. The van der Waals surface area contributed by atoms with E-state index in [4.69, 9.17) is 9.47 Å². The molecule has 46 heavy (non-hydrogen) atoms. The molecule has 2 fully saturated rings. The summed E-state index contributed by atoms with van der Waals surface area (Å²) in [5, 5.41) is 4.08. The molecule has 246 valence electrons. The summed E-state index contributed by atoms with van der Waals surface area (Å²) in [6.07, 6.45) is -7.67. The molecule has 0 bridgehead atoms. The fourth-order valence-corrected chi connectivity index (χ4v) is 5.87. The van der Waals surface area contributed by atoms with Crippen LogP contribution in [0, 0.1) is 0 Å². The number of alkyl halides is 6. The largest absolute Gasteiger partial charge is 0.444 e. The van der Waals surface area contributed by atoms with Gasteiger partial charge in [-0.25, -0.2) is 4.79 Å². The van der Waals surface area contributed by atoms with Crippen LogP contribution < -0.4 is 0 Å². The number of thioether (sulfide) groups is 1. The van der Waals surface area contributed by atoms with Crippen molar-refractivity contribution in [3.8, 4) is 0 Å². The Bertz CT molecular complexity index is 1710. The molecule has 0 N–H and O–H groups in total. The molecule has 0 saturated carbocycles. The Hall–Kier alpha value is -4.05. The van der Waals surface area contributed by atoms with Crippen LogP contribution in [0.4, 0.5) is 35.9 Å². The van der Waals surface area contributed by atoms with Crippen molar-refractivity contribution in [1.82, 2.24) is 19.6 Å². The summed E-state index contributed by atoms with van der Waals surface area (Å²) in [5.74, 6) is -0.567. The van der Waals surface area contributed by atoms with Crippen LogP contribution in [0.2, 0.25) is 0 Å². The Morgan fingerprint density at radius 2 is 1.80 bits per heavy atom. The number of hydrogen-bond acceptors (Lipinski definition) is 7. The first-order valence-electron chi connectivity index (χ1n) is 14.0. The van der Waals surface area contributed by atoms with Gasteiger partial charge >= 0.3 is 18.4 Å². The molecule has 3 heterocycles. The third-order valence-electron chi connectivity index (χ3n) is 7.15. The Balaban J connectivity index is 1.33. The molecule has 0 spiro atoms. The molecule has 9 nitrogen and oxygen atoms in total. The van der Waals surface area contributed by atoms with E-state index in [1.807, 2.05) is 0 Å². The standard InChI is InChI=1S/C30H28F6N4O5S/c1-28(2,3)45-26(42)38-8-9-44-16-21(38)15-39-25(41)24(46-27(39)43)11-17-4-7-23-19(10-17)13-37-40(23)14-18-5-6-20(29(31,32)33)12-22(18)30(34,35)36/h4-7,10-13,21H,8-9,14-16H2,1-3H3/b24-11-/t21-/m1/s1. The summed E-state index contributed by atoms with van der Waals surface area (Å²) in [7, 11) is 0.